The number of aromatic amines is 1. The maximum atomic E-state index is 10.8. The van der Waals surface area contributed by atoms with Crippen molar-refractivity contribution >= 4 is 11.6 Å². The van der Waals surface area contributed by atoms with Crippen LogP contribution in [0.1, 0.15) is 6.92 Å². The molecule has 3 N–H and O–H groups in total. The minimum atomic E-state index is -0.255. The van der Waals surface area contributed by atoms with Gasteiger partial charge in [0.15, 0.2) is 0 Å². The fourth-order valence-electron chi connectivity index (χ4n) is 0.918. The van der Waals surface area contributed by atoms with Crippen LogP contribution in [0.25, 0.3) is 0 Å². The zero-order chi connectivity index (χ0) is 10.4. The van der Waals surface area contributed by atoms with Gasteiger partial charge in [0.05, 0.1) is 11.9 Å². The van der Waals surface area contributed by atoms with Crippen molar-refractivity contribution in [3.8, 4) is 0 Å². The number of hydrogen-bond acceptors (Lipinski definition) is 4. The van der Waals surface area contributed by atoms with Gasteiger partial charge < -0.3 is 10.6 Å². The van der Waals surface area contributed by atoms with Crippen LogP contribution in [0.4, 0.5) is 5.69 Å². The van der Waals surface area contributed by atoms with Crippen LogP contribution in [-0.4, -0.2) is 29.2 Å². The van der Waals surface area contributed by atoms with E-state index in [-0.39, 0.29) is 11.5 Å². The summed E-state index contributed by atoms with van der Waals surface area (Å²) < 4.78 is 0. The highest BCUT2D eigenvalue weighted by molar-refractivity contribution is 5.72. The highest BCUT2D eigenvalue weighted by Gasteiger charge is 1.93. The summed E-state index contributed by atoms with van der Waals surface area (Å²) in [6.45, 7) is 2.53. The molecular formula is C8H12N4O2. The summed E-state index contributed by atoms with van der Waals surface area (Å²) >= 11 is 0. The van der Waals surface area contributed by atoms with Crippen LogP contribution < -0.4 is 16.2 Å². The van der Waals surface area contributed by atoms with Gasteiger partial charge in [0, 0.05) is 26.1 Å². The summed E-state index contributed by atoms with van der Waals surface area (Å²) in [6, 6.07) is 1.40. The Kier molecular flexibility index (Phi) is 3.66. The lowest BCUT2D eigenvalue weighted by Crippen LogP contribution is -2.26. The third kappa shape index (κ3) is 3.70. The van der Waals surface area contributed by atoms with Crippen molar-refractivity contribution in [2.45, 2.75) is 6.92 Å². The number of carbonyl (C=O) groups excluding carboxylic acids is 1. The average molecular weight is 196 g/mol. The van der Waals surface area contributed by atoms with Gasteiger partial charge in [0.1, 0.15) is 0 Å². The maximum absolute atomic E-state index is 10.8. The first kappa shape index (κ1) is 10.2. The second kappa shape index (κ2) is 5.00. The number of aromatic nitrogens is 2. The largest absolute Gasteiger partial charge is 0.382 e. The molecule has 0 fully saturated rings. The lowest BCUT2D eigenvalue weighted by molar-refractivity contribution is -0.118. The SMILES string of the molecule is CC(=O)NCCNc1cn[nH]c(=O)c1. The van der Waals surface area contributed by atoms with E-state index in [4.69, 9.17) is 0 Å². The smallest absolute Gasteiger partial charge is 0.266 e. The maximum Gasteiger partial charge on any atom is 0.266 e. The molecule has 1 heterocycles. The van der Waals surface area contributed by atoms with Crippen molar-refractivity contribution in [2.75, 3.05) is 18.4 Å². The third-order valence-corrected chi connectivity index (χ3v) is 1.49. The number of nitrogens with zero attached hydrogens (tertiary/aromatic N) is 1. The molecule has 0 aliphatic carbocycles. The minimum absolute atomic E-state index is 0.0733. The number of hydrogen-bond donors (Lipinski definition) is 3. The molecule has 0 unspecified atom stereocenters. The van der Waals surface area contributed by atoms with Crippen LogP contribution in [0.15, 0.2) is 17.1 Å². The minimum Gasteiger partial charge on any atom is -0.382 e. The Bertz CT molecular complexity index is 360. The first-order valence-electron chi connectivity index (χ1n) is 4.21. The lowest BCUT2D eigenvalue weighted by Gasteiger charge is -2.04. The van der Waals surface area contributed by atoms with Gasteiger partial charge in [-0.3, -0.25) is 9.59 Å². The molecule has 6 nitrogen and oxygen atoms in total. The van der Waals surface area contributed by atoms with Crippen molar-refractivity contribution in [3.63, 3.8) is 0 Å². The fourth-order valence-corrected chi connectivity index (χ4v) is 0.918. The molecule has 0 bridgehead atoms. The third-order valence-electron chi connectivity index (χ3n) is 1.49. The van der Waals surface area contributed by atoms with E-state index in [1.165, 1.54) is 19.2 Å². The molecule has 1 amide bonds. The molecule has 0 aliphatic heterocycles. The monoisotopic (exact) mass is 196 g/mol. The Morgan fingerprint density at radius 1 is 1.57 bits per heavy atom. The van der Waals surface area contributed by atoms with Crippen molar-refractivity contribution in [1.82, 2.24) is 15.5 Å². The summed E-state index contributed by atoms with van der Waals surface area (Å²) in [5.41, 5.74) is 0.383. The van der Waals surface area contributed by atoms with E-state index in [1.54, 1.807) is 0 Å². The first-order chi connectivity index (χ1) is 6.68. The molecule has 0 spiro atoms. The van der Waals surface area contributed by atoms with Crippen molar-refractivity contribution in [3.05, 3.63) is 22.6 Å². The van der Waals surface area contributed by atoms with Gasteiger partial charge in [-0.15, -0.1) is 0 Å². The highest BCUT2D eigenvalue weighted by Crippen LogP contribution is 1.96. The number of rotatable bonds is 4. The first-order valence-corrected chi connectivity index (χ1v) is 4.21. The van der Waals surface area contributed by atoms with Gasteiger partial charge in [-0.25, -0.2) is 5.10 Å². The van der Waals surface area contributed by atoms with Crippen LogP contribution >= 0.6 is 0 Å². The Morgan fingerprint density at radius 2 is 2.36 bits per heavy atom. The van der Waals surface area contributed by atoms with E-state index >= 15 is 0 Å². The second-order valence-corrected chi connectivity index (χ2v) is 2.74. The van der Waals surface area contributed by atoms with E-state index in [2.05, 4.69) is 20.8 Å². The number of amides is 1. The van der Waals surface area contributed by atoms with E-state index in [0.717, 1.165) is 0 Å². The second-order valence-electron chi connectivity index (χ2n) is 2.74. The van der Waals surface area contributed by atoms with Gasteiger partial charge >= 0.3 is 0 Å². The molecule has 0 atom stereocenters. The van der Waals surface area contributed by atoms with E-state index in [1.807, 2.05) is 0 Å². The van der Waals surface area contributed by atoms with Crippen LogP contribution in [0.5, 0.6) is 0 Å². The zero-order valence-corrected chi connectivity index (χ0v) is 7.83. The molecule has 14 heavy (non-hydrogen) atoms. The Hall–Kier alpha value is -1.85. The number of nitrogens with one attached hydrogen (secondary N) is 3. The van der Waals surface area contributed by atoms with Gasteiger partial charge in [-0.1, -0.05) is 0 Å². The molecule has 1 aromatic heterocycles. The van der Waals surface area contributed by atoms with Crippen LogP contribution in [0, 0.1) is 0 Å². The van der Waals surface area contributed by atoms with Crippen LogP contribution in [0.2, 0.25) is 0 Å². The fraction of sp³-hybridized carbons (Fsp3) is 0.375. The molecule has 6 heteroatoms. The summed E-state index contributed by atoms with van der Waals surface area (Å²) in [4.78, 5) is 21.3. The molecular weight excluding hydrogens is 184 g/mol. The van der Waals surface area contributed by atoms with E-state index < -0.39 is 0 Å². The number of H-pyrrole nitrogens is 1. The molecule has 1 rings (SSSR count). The zero-order valence-electron chi connectivity index (χ0n) is 7.83. The standard InChI is InChI=1S/C8H12N4O2/c1-6(13)9-2-3-10-7-4-8(14)12-11-5-7/h4-5H,2-3H2,1H3,(H,9,13)(H2,10,12,14). The molecule has 0 saturated heterocycles. The van der Waals surface area contributed by atoms with Gasteiger partial charge in [-0.05, 0) is 0 Å². The van der Waals surface area contributed by atoms with Gasteiger partial charge in [-0.2, -0.15) is 5.10 Å². The van der Waals surface area contributed by atoms with E-state index in [0.29, 0.717) is 18.8 Å². The quantitative estimate of drug-likeness (QED) is 0.557. The summed E-state index contributed by atoms with van der Waals surface area (Å²) in [5.74, 6) is -0.0733. The topological polar surface area (TPSA) is 86.9 Å². The van der Waals surface area contributed by atoms with Gasteiger partial charge in [0.25, 0.3) is 5.56 Å². The molecule has 0 aliphatic rings. The highest BCUT2D eigenvalue weighted by atomic mass is 16.1. The van der Waals surface area contributed by atoms with Crippen molar-refractivity contribution < 1.29 is 4.79 Å². The Balaban J connectivity index is 2.31. The average Bonchev–Trinajstić information content (AvgIpc) is 2.12. The predicted octanol–water partition coefficient (Wildman–Crippen LogP) is -0.682. The number of carbonyl (C=O) groups is 1. The molecule has 1 aromatic rings. The van der Waals surface area contributed by atoms with Gasteiger partial charge in [0.2, 0.25) is 5.91 Å². The predicted molar refractivity (Wildman–Crippen MR) is 52.0 cm³/mol. The Morgan fingerprint density at radius 3 is 3.00 bits per heavy atom. The lowest BCUT2D eigenvalue weighted by atomic mass is 10.4. The molecule has 0 aromatic carbocycles. The van der Waals surface area contributed by atoms with Crippen molar-refractivity contribution in [1.29, 1.82) is 0 Å². The molecule has 0 radical (unpaired) electrons. The molecule has 0 saturated carbocycles. The van der Waals surface area contributed by atoms with Crippen LogP contribution in [0.3, 0.4) is 0 Å². The van der Waals surface area contributed by atoms with Crippen molar-refractivity contribution in [2.24, 2.45) is 0 Å². The van der Waals surface area contributed by atoms with E-state index in [9.17, 15) is 9.59 Å². The normalized spacial score (nSPS) is 9.50. The van der Waals surface area contributed by atoms with Crippen LogP contribution in [-0.2, 0) is 4.79 Å². The summed E-state index contributed by atoms with van der Waals surface area (Å²) in [5, 5.41) is 11.4. The molecule has 76 valence electrons. The summed E-state index contributed by atoms with van der Waals surface area (Å²) in [7, 11) is 0. The Labute approximate surface area is 80.7 Å². The number of anilines is 1. The summed E-state index contributed by atoms with van der Waals surface area (Å²) in [6.07, 6.45) is 1.51.